The number of morpholine rings is 1. The van der Waals surface area contributed by atoms with Crippen molar-refractivity contribution < 1.29 is 13.2 Å². The number of anilines is 1. The van der Waals surface area contributed by atoms with E-state index in [-0.39, 0.29) is 0 Å². The summed E-state index contributed by atoms with van der Waals surface area (Å²) in [6.07, 6.45) is 0. The van der Waals surface area contributed by atoms with Gasteiger partial charge in [0, 0.05) is 32.4 Å². The molecule has 0 unspecified atom stereocenters. The van der Waals surface area contributed by atoms with Crippen LogP contribution in [0.15, 0.2) is 24.3 Å². The summed E-state index contributed by atoms with van der Waals surface area (Å²) in [5, 5.41) is -0.393. The first-order valence-corrected chi connectivity index (χ1v) is 8.59. The number of hydrogen-bond donors (Lipinski definition) is 0. The van der Waals surface area contributed by atoms with Crippen LogP contribution in [-0.2, 0) is 21.3 Å². The van der Waals surface area contributed by atoms with Gasteiger partial charge in [-0.1, -0.05) is 12.1 Å². The second kappa shape index (κ2) is 6.76. The van der Waals surface area contributed by atoms with Gasteiger partial charge in [0.05, 0.1) is 13.2 Å². The van der Waals surface area contributed by atoms with Gasteiger partial charge in [-0.05, 0) is 17.7 Å². The maximum atomic E-state index is 11.6. The van der Waals surface area contributed by atoms with Gasteiger partial charge < -0.3 is 9.64 Å². The van der Waals surface area contributed by atoms with E-state index in [1.165, 1.54) is 11.4 Å². The Hall–Kier alpha value is -0.820. The predicted molar refractivity (Wildman–Crippen MR) is 80.6 cm³/mol. The van der Waals surface area contributed by atoms with Gasteiger partial charge >= 0.3 is 0 Å². The lowest BCUT2D eigenvalue weighted by molar-refractivity contribution is 0.122. The van der Waals surface area contributed by atoms with Crippen LogP contribution in [0.5, 0.6) is 0 Å². The number of benzene rings is 1. The SMILES string of the molecule is CN(Cc1ccc(N2CCOCC2)cc1)S(=O)(=O)CCl. The van der Waals surface area contributed by atoms with Gasteiger partial charge in [0.15, 0.2) is 0 Å². The second-order valence-corrected chi connectivity index (χ2v) is 7.40. The highest BCUT2D eigenvalue weighted by atomic mass is 35.5. The van der Waals surface area contributed by atoms with Gasteiger partial charge in [-0.15, -0.1) is 11.6 Å². The quantitative estimate of drug-likeness (QED) is 0.772. The van der Waals surface area contributed by atoms with Crippen LogP contribution >= 0.6 is 11.6 Å². The van der Waals surface area contributed by atoms with Crippen molar-refractivity contribution in [3.8, 4) is 0 Å². The monoisotopic (exact) mass is 318 g/mol. The Labute approximate surface area is 125 Å². The van der Waals surface area contributed by atoms with E-state index in [9.17, 15) is 8.42 Å². The standard InChI is InChI=1S/C13H19ClN2O3S/c1-15(20(17,18)11-14)10-12-2-4-13(5-3-12)16-6-8-19-9-7-16/h2-5H,6-11H2,1H3. The Kier molecular flexibility index (Phi) is 5.26. The maximum Gasteiger partial charge on any atom is 0.228 e. The zero-order chi connectivity index (χ0) is 14.6. The lowest BCUT2D eigenvalue weighted by atomic mass is 10.2. The molecule has 1 aliphatic heterocycles. The van der Waals surface area contributed by atoms with Crippen LogP contribution in [0, 0.1) is 0 Å². The summed E-state index contributed by atoms with van der Waals surface area (Å²) in [4.78, 5) is 2.26. The van der Waals surface area contributed by atoms with Gasteiger partial charge in [-0.2, -0.15) is 4.31 Å². The van der Waals surface area contributed by atoms with Gasteiger partial charge in [0.25, 0.3) is 0 Å². The van der Waals surface area contributed by atoms with E-state index < -0.39 is 15.2 Å². The molecule has 1 fully saturated rings. The molecule has 0 spiro atoms. The largest absolute Gasteiger partial charge is 0.378 e. The maximum absolute atomic E-state index is 11.6. The van der Waals surface area contributed by atoms with Crippen molar-refractivity contribution in [1.29, 1.82) is 0 Å². The smallest absolute Gasteiger partial charge is 0.228 e. The molecule has 0 atom stereocenters. The third-order valence-electron chi connectivity index (χ3n) is 3.33. The van der Waals surface area contributed by atoms with Crippen molar-refractivity contribution in [3.63, 3.8) is 0 Å². The Morgan fingerprint density at radius 3 is 2.40 bits per heavy atom. The van der Waals surface area contributed by atoms with Crippen molar-refractivity contribution in [3.05, 3.63) is 29.8 Å². The topological polar surface area (TPSA) is 49.9 Å². The number of rotatable bonds is 5. The minimum atomic E-state index is -3.36. The molecule has 20 heavy (non-hydrogen) atoms. The lowest BCUT2D eigenvalue weighted by Crippen LogP contribution is -2.36. The number of hydrogen-bond acceptors (Lipinski definition) is 4. The molecule has 1 saturated heterocycles. The van der Waals surface area contributed by atoms with Crippen LogP contribution in [0.4, 0.5) is 5.69 Å². The van der Waals surface area contributed by atoms with E-state index in [1.54, 1.807) is 0 Å². The summed E-state index contributed by atoms with van der Waals surface area (Å²) in [5.41, 5.74) is 2.08. The highest BCUT2D eigenvalue weighted by Crippen LogP contribution is 2.18. The molecular weight excluding hydrogens is 300 g/mol. The fraction of sp³-hybridized carbons (Fsp3) is 0.538. The van der Waals surface area contributed by atoms with E-state index in [4.69, 9.17) is 16.3 Å². The second-order valence-electron chi connectivity index (χ2n) is 4.74. The first-order valence-electron chi connectivity index (χ1n) is 6.44. The zero-order valence-electron chi connectivity index (χ0n) is 11.5. The number of halogens is 1. The summed E-state index contributed by atoms with van der Waals surface area (Å²) in [5.74, 6) is 0. The molecule has 1 heterocycles. The minimum absolute atomic E-state index is 0.332. The molecule has 5 nitrogen and oxygen atoms in total. The fourth-order valence-electron chi connectivity index (χ4n) is 2.07. The number of ether oxygens (including phenoxy) is 1. The summed E-state index contributed by atoms with van der Waals surface area (Å²) in [7, 11) is -1.82. The Morgan fingerprint density at radius 2 is 1.85 bits per heavy atom. The third kappa shape index (κ3) is 3.85. The van der Waals surface area contributed by atoms with Gasteiger partial charge in [-0.3, -0.25) is 0 Å². The number of sulfonamides is 1. The van der Waals surface area contributed by atoms with E-state index in [2.05, 4.69) is 4.90 Å². The number of alkyl halides is 1. The van der Waals surface area contributed by atoms with Crippen LogP contribution < -0.4 is 4.90 Å². The van der Waals surface area contributed by atoms with Gasteiger partial charge in [0.1, 0.15) is 5.21 Å². The van der Waals surface area contributed by atoms with E-state index in [1.807, 2.05) is 24.3 Å². The Morgan fingerprint density at radius 1 is 1.25 bits per heavy atom. The van der Waals surface area contributed by atoms with Gasteiger partial charge in [-0.25, -0.2) is 8.42 Å². The molecule has 0 aliphatic carbocycles. The third-order valence-corrected chi connectivity index (χ3v) is 5.51. The molecule has 0 N–H and O–H groups in total. The van der Waals surface area contributed by atoms with Crippen molar-refractivity contribution in [2.75, 3.05) is 43.5 Å². The molecule has 0 bridgehead atoms. The molecule has 112 valence electrons. The molecule has 0 radical (unpaired) electrons. The summed E-state index contributed by atoms with van der Waals surface area (Å²) in [6.45, 7) is 3.61. The molecular formula is C13H19ClN2O3S. The average molecular weight is 319 g/mol. The Bertz CT molecular complexity index is 527. The molecule has 0 aromatic heterocycles. The van der Waals surface area contributed by atoms with Crippen molar-refractivity contribution >= 4 is 27.3 Å². The highest BCUT2D eigenvalue weighted by molar-refractivity contribution is 7.90. The van der Waals surface area contributed by atoms with Crippen LogP contribution in [0.25, 0.3) is 0 Å². The van der Waals surface area contributed by atoms with E-state index >= 15 is 0 Å². The highest BCUT2D eigenvalue weighted by Gasteiger charge is 2.16. The molecule has 0 saturated carbocycles. The van der Waals surface area contributed by atoms with E-state index in [0.717, 1.165) is 37.6 Å². The van der Waals surface area contributed by atoms with Gasteiger partial charge in [0.2, 0.25) is 10.0 Å². The molecule has 1 aromatic rings. The van der Waals surface area contributed by atoms with Crippen LogP contribution in [0.1, 0.15) is 5.56 Å². The lowest BCUT2D eigenvalue weighted by Gasteiger charge is -2.29. The summed E-state index contributed by atoms with van der Waals surface area (Å²) >= 11 is 5.43. The zero-order valence-corrected chi connectivity index (χ0v) is 13.0. The average Bonchev–Trinajstić information content (AvgIpc) is 2.49. The van der Waals surface area contributed by atoms with Crippen LogP contribution in [0.2, 0.25) is 0 Å². The normalized spacial score (nSPS) is 16.6. The molecule has 2 rings (SSSR count). The van der Waals surface area contributed by atoms with Crippen molar-refractivity contribution in [1.82, 2.24) is 4.31 Å². The predicted octanol–water partition coefficient (Wildman–Crippen LogP) is 1.48. The molecule has 7 heteroatoms. The summed E-state index contributed by atoms with van der Waals surface area (Å²) in [6, 6.07) is 7.93. The molecule has 1 aromatic carbocycles. The van der Waals surface area contributed by atoms with Crippen LogP contribution in [0.3, 0.4) is 0 Å². The molecule has 1 aliphatic rings. The minimum Gasteiger partial charge on any atom is -0.378 e. The number of nitrogens with zero attached hydrogens (tertiary/aromatic N) is 2. The first kappa shape index (κ1) is 15.6. The van der Waals surface area contributed by atoms with Crippen molar-refractivity contribution in [2.45, 2.75) is 6.54 Å². The fourth-order valence-corrected chi connectivity index (χ4v) is 3.08. The summed E-state index contributed by atoms with van der Waals surface area (Å²) < 4.78 is 29.8. The molecule has 0 amide bonds. The van der Waals surface area contributed by atoms with Crippen LogP contribution in [-0.4, -0.2) is 51.3 Å². The first-order chi connectivity index (χ1) is 9.53. The van der Waals surface area contributed by atoms with Crippen molar-refractivity contribution in [2.24, 2.45) is 0 Å². The van der Waals surface area contributed by atoms with E-state index in [0.29, 0.717) is 6.54 Å². The Balaban J connectivity index is 2.01.